The zero-order valence-corrected chi connectivity index (χ0v) is 12.9. The molecule has 1 fully saturated rings. The van der Waals surface area contributed by atoms with Gasteiger partial charge >= 0.3 is 0 Å². The molecule has 106 valence electrons. The van der Waals surface area contributed by atoms with E-state index in [1.54, 1.807) is 0 Å². The summed E-state index contributed by atoms with van der Waals surface area (Å²) in [6, 6.07) is 0. The second kappa shape index (κ2) is 5.35. The molecule has 2 heterocycles. The van der Waals surface area contributed by atoms with Crippen LogP contribution in [0.15, 0.2) is 0 Å². The molecule has 4 nitrogen and oxygen atoms in total. The first-order chi connectivity index (χ1) is 8.99. The summed E-state index contributed by atoms with van der Waals surface area (Å²) in [5.74, 6) is 3.04. The largest absolute Gasteiger partial charge is 0.373 e. The maximum Gasteiger partial charge on any atom is 0.137 e. The van der Waals surface area contributed by atoms with Gasteiger partial charge in [-0.3, -0.25) is 0 Å². The molecular weight excluding hydrogens is 236 g/mol. The van der Waals surface area contributed by atoms with Crippen LogP contribution >= 0.6 is 0 Å². The number of aryl methyl sites for hydroxylation is 1. The van der Waals surface area contributed by atoms with Crippen molar-refractivity contribution in [1.29, 1.82) is 0 Å². The summed E-state index contributed by atoms with van der Waals surface area (Å²) >= 11 is 0. The van der Waals surface area contributed by atoms with Gasteiger partial charge in [-0.1, -0.05) is 6.92 Å². The fourth-order valence-corrected chi connectivity index (χ4v) is 2.89. The standard InChI is InChI=1S/C15H26N4/c1-6-8-12-17-13(16-5)11(2)14(18-12)19-10-7-9-15(19,3)4/h6-10H2,1-5H3,(H,16,17,18). The number of rotatable bonds is 4. The van der Waals surface area contributed by atoms with Crippen LogP contribution in [-0.4, -0.2) is 29.1 Å². The molecule has 0 atom stereocenters. The van der Waals surface area contributed by atoms with Gasteiger partial charge in [0.15, 0.2) is 0 Å². The first-order valence-corrected chi connectivity index (χ1v) is 7.32. The van der Waals surface area contributed by atoms with Crippen LogP contribution in [0.4, 0.5) is 11.6 Å². The average molecular weight is 262 g/mol. The molecule has 2 rings (SSSR count). The molecule has 19 heavy (non-hydrogen) atoms. The Hall–Kier alpha value is -1.32. The zero-order chi connectivity index (χ0) is 14.0. The summed E-state index contributed by atoms with van der Waals surface area (Å²) in [6.07, 6.45) is 4.49. The van der Waals surface area contributed by atoms with Crippen molar-refractivity contribution < 1.29 is 0 Å². The highest BCUT2D eigenvalue weighted by Gasteiger charge is 2.34. The molecule has 0 amide bonds. The Labute approximate surface area is 116 Å². The van der Waals surface area contributed by atoms with Gasteiger partial charge in [-0.25, -0.2) is 9.97 Å². The molecule has 0 bridgehead atoms. The van der Waals surface area contributed by atoms with Crippen LogP contribution < -0.4 is 10.2 Å². The van der Waals surface area contributed by atoms with Gasteiger partial charge in [0.2, 0.25) is 0 Å². The van der Waals surface area contributed by atoms with Crippen molar-refractivity contribution in [2.45, 2.75) is 58.9 Å². The van der Waals surface area contributed by atoms with Crippen molar-refractivity contribution >= 4 is 11.6 Å². The maximum atomic E-state index is 4.82. The lowest BCUT2D eigenvalue weighted by atomic mass is 10.0. The number of hydrogen-bond donors (Lipinski definition) is 1. The van der Waals surface area contributed by atoms with E-state index in [-0.39, 0.29) is 5.54 Å². The summed E-state index contributed by atoms with van der Waals surface area (Å²) in [5, 5.41) is 3.21. The Morgan fingerprint density at radius 1 is 1.32 bits per heavy atom. The second-order valence-electron chi connectivity index (χ2n) is 6.00. The molecule has 0 saturated carbocycles. The normalized spacial score (nSPS) is 17.8. The summed E-state index contributed by atoms with van der Waals surface area (Å²) in [4.78, 5) is 11.9. The third kappa shape index (κ3) is 2.67. The monoisotopic (exact) mass is 262 g/mol. The first kappa shape index (κ1) is 14.1. The van der Waals surface area contributed by atoms with Gasteiger partial charge in [0.25, 0.3) is 0 Å². The Morgan fingerprint density at radius 3 is 2.58 bits per heavy atom. The Balaban J connectivity index is 2.46. The minimum absolute atomic E-state index is 0.202. The summed E-state index contributed by atoms with van der Waals surface area (Å²) in [7, 11) is 1.93. The van der Waals surface area contributed by atoms with E-state index < -0.39 is 0 Å². The molecule has 0 unspecified atom stereocenters. The van der Waals surface area contributed by atoms with E-state index in [9.17, 15) is 0 Å². The molecule has 0 aromatic carbocycles. The summed E-state index contributed by atoms with van der Waals surface area (Å²) in [6.45, 7) is 9.99. The second-order valence-corrected chi connectivity index (χ2v) is 6.00. The molecule has 0 aliphatic carbocycles. The quantitative estimate of drug-likeness (QED) is 0.905. The highest BCUT2D eigenvalue weighted by atomic mass is 15.3. The van der Waals surface area contributed by atoms with Crippen LogP contribution in [0.5, 0.6) is 0 Å². The van der Waals surface area contributed by atoms with Crippen LogP contribution in [0.1, 0.15) is 51.4 Å². The van der Waals surface area contributed by atoms with E-state index in [0.717, 1.165) is 42.4 Å². The molecular formula is C15H26N4. The minimum Gasteiger partial charge on any atom is -0.373 e. The van der Waals surface area contributed by atoms with Gasteiger partial charge < -0.3 is 10.2 Å². The Morgan fingerprint density at radius 2 is 2.05 bits per heavy atom. The highest BCUT2D eigenvalue weighted by Crippen LogP contribution is 2.35. The van der Waals surface area contributed by atoms with E-state index >= 15 is 0 Å². The fraction of sp³-hybridized carbons (Fsp3) is 0.733. The van der Waals surface area contributed by atoms with Crippen molar-refractivity contribution in [3.63, 3.8) is 0 Å². The molecule has 0 spiro atoms. The number of hydrogen-bond acceptors (Lipinski definition) is 4. The lowest BCUT2D eigenvalue weighted by molar-refractivity contribution is 0.512. The van der Waals surface area contributed by atoms with Crippen LogP contribution in [-0.2, 0) is 6.42 Å². The Kier molecular flexibility index (Phi) is 3.97. The predicted octanol–water partition coefficient (Wildman–Crippen LogP) is 3.16. The number of nitrogens with one attached hydrogen (secondary N) is 1. The third-order valence-electron chi connectivity index (χ3n) is 4.03. The number of anilines is 2. The molecule has 1 saturated heterocycles. The van der Waals surface area contributed by atoms with Crippen molar-refractivity contribution in [3.8, 4) is 0 Å². The van der Waals surface area contributed by atoms with E-state index in [1.165, 1.54) is 12.8 Å². The fourth-order valence-electron chi connectivity index (χ4n) is 2.89. The topological polar surface area (TPSA) is 41.1 Å². The molecule has 4 heteroatoms. The summed E-state index contributed by atoms with van der Waals surface area (Å²) < 4.78 is 0. The molecule has 1 aliphatic heterocycles. The highest BCUT2D eigenvalue weighted by molar-refractivity contribution is 5.60. The van der Waals surface area contributed by atoms with E-state index in [4.69, 9.17) is 4.98 Å². The van der Waals surface area contributed by atoms with Crippen LogP contribution in [0.3, 0.4) is 0 Å². The van der Waals surface area contributed by atoms with Crippen molar-refractivity contribution in [2.24, 2.45) is 0 Å². The summed E-state index contributed by atoms with van der Waals surface area (Å²) in [5.41, 5.74) is 1.37. The van der Waals surface area contributed by atoms with Crippen molar-refractivity contribution in [1.82, 2.24) is 9.97 Å². The molecule has 1 aromatic heterocycles. The van der Waals surface area contributed by atoms with Crippen LogP contribution in [0, 0.1) is 6.92 Å². The smallest absolute Gasteiger partial charge is 0.137 e. The minimum atomic E-state index is 0.202. The lowest BCUT2D eigenvalue weighted by Gasteiger charge is -2.34. The number of nitrogens with zero attached hydrogens (tertiary/aromatic N) is 3. The Bertz CT molecular complexity index is 454. The first-order valence-electron chi connectivity index (χ1n) is 7.32. The zero-order valence-electron chi connectivity index (χ0n) is 12.9. The van der Waals surface area contributed by atoms with Crippen LogP contribution in [0.25, 0.3) is 0 Å². The van der Waals surface area contributed by atoms with E-state index in [1.807, 2.05) is 7.05 Å². The predicted molar refractivity (Wildman–Crippen MR) is 81.0 cm³/mol. The molecule has 1 aromatic rings. The van der Waals surface area contributed by atoms with Gasteiger partial charge in [-0.05, 0) is 40.0 Å². The van der Waals surface area contributed by atoms with Crippen molar-refractivity contribution in [3.05, 3.63) is 11.4 Å². The van der Waals surface area contributed by atoms with Gasteiger partial charge in [-0.2, -0.15) is 0 Å². The number of aromatic nitrogens is 2. The maximum absolute atomic E-state index is 4.82. The molecule has 0 radical (unpaired) electrons. The van der Waals surface area contributed by atoms with E-state index in [2.05, 4.69) is 42.9 Å². The van der Waals surface area contributed by atoms with Crippen LogP contribution in [0.2, 0.25) is 0 Å². The van der Waals surface area contributed by atoms with Gasteiger partial charge in [0.05, 0.1) is 0 Å². The van der Waals surface area contributed by atoms with Crippen molar-refractivity contribution in [2.75, 3.05) is 23.8 Å². The van der Waals surface area contributed by atoms with Gasteiger partial charge in [0, 0.05) is 31.1 Å². The lowest BCUT2D eigenvalue weighted by Crippen LogP contribution is -2.39. The molecule has 1 N–H and O–H groups in total. The van der Waals surface area contributed by atoms with Gasteiger partial charge in [-0.15, -0.1) is 0 Å². The third-order valence-corrected chi connectivity index (χ3v) is 4.03. The van der Waals surface area contributed by atoms with E-state index in [0.29, 0.717) is 0 Å². The molecule has 1 aliphatic rings. The SMILES string of the molecule is CCCc1nc(NC)c(C)c(N2CCCC2(C)C)n1. The van der Waals surface area contributed by atoms with Gasteiger partial charge in [0.1, 0.15) is 17.5 Å². The average Bonchev–Trinajstić information content (AvgIpc) is 2.71.